The third kappa shape index (κ3) is 5.39. The summed E-state index contributed by atoms with van der Waals surface area (Å²) >= 11 is 8.31. The molecule has 3 amide bonds. The number of carbonyl (C=O) groups is 3. The number of hydrogen-bond acceptors (Lipinski definition) is 5. The molecule has 7 nitrogen and oxygen atoms in total. The van der Waals surface area contributed by atoms with Gasteiger partial charge in [0, 0.05) is 24.9 Å². The summed E-state index contributed by atoms with van der Waals surface area (Å²) in [7, 11) is 0. The number of aliphatic hydroxyl groups is 1. The first-order chi connectivity index (χ1) is 21.1. The lowest BCUT2D eigenvalue weighted by Crippen LogP contribution is -2.58. The predicted molar refractivity (Wildman–Crippen MR) is 177 cm³/mol. The number of hydrogen-bond donors (Lipinski definition) is 1. The number of halogens is 1. The van der Waals surface area contributed by atoms with Gasteiger partial charge in [0.05, 0.1) is 39.9 Å². The Bertz CT molecular complexity index is 1410. The topological polar surface area (TPSA) is 81.2 Å². The highest BCUT2D eigenvalue weighted by molar-refractivity contribution is 8.02. The van der Waals surface area contributed by atoms with Crippen LogP contribution in [0, 0.1) is 24.7 Å². The van der Waals surface area contributed by atoms with E-state index in [1.165, 1.54) is 0 Å². The summed E-state index contributed by atoms with van der Waals surface area (Å²) in [4.78, 5) is 49.1. The van der Waals surface area contributed by atoms with E-state index < -0.39 is 28.7 Å². The van der Waals surface area contributed by atoms with Crippen molar-refractivity contribution in [2.75, 3.05) is 24.6 Å². The van der Waals surface area contributed by atoms with E-state index >= 15 is 0 Å². The molecule has 2 bridgehead atoms. The fourth-order valence-corrected chi connectivity index (χ4v) is 10.1. The van der Waals surface area contributed by atoms with E-state index in [4.69, 9.17) is 11.6 Å². The van der Waals surface area contributed by atoms with Gasteiger partial charge in [-0.3, -0.25) is 14.4 Å². The highest BCUT2D eigenvalue weighted by atomic mass is 35.5. The maximum atomic E-state index is 14.9. The average Bonchev–Trinajstić information content (AvgIpc) is 3.64. The first-order valence-corrected chi connectivity index (χ1v) is 16.6. The summed E-state index contributed by atoms with van der Waals surface area (Å²) in [6.07, 6.45) is 4.74. The molecule has 0 saturated carbocycles. The van der Waals surface area contributed by atoms with E-state index in [1.54, 1.807) is 44.7 Å². The summed E-state index contributed by atoms with van der Waals surface area (Å²) in [5, 5.41) is 11.0. The molecule has 1 N–H and O–H groups in total. The molecular weight excluding hydrogens is 594 g/mol. The largest absolute Gasteiger partial charge is 0.394 e. The van der Waals surface area contributed by atoms with Crippen LogP contribution >= 0.6 is 23.4 Å². The Morgan fingerprint density at radius 2 is 1.82 bits per heavy atom. The molecular formula is C35H42ClN3O4S. The number of amides is 3. The van der Waals surface area contributed by atoms with Crippen LogP contribution in [-0.4, -0.2) is 74.4 Å². The molecule has 2 aromatic rings. The van der Waals surface area contributed by atoms with Crippen LogP contribution in [0.5, 0.6) is 0 Å². The Hall–Kier alpha value is -3.07. The lowest BCUT2D eigenvalue weighted by molar-refractivity contribution is -0.146. The number of para-hydroxylation sites is 1. The summed E-state index contributed by atoms with van der Waals surface area (Å²) in [6, 6.07) is 13.8. The van der Waals surface area contributed by atoms with Gasteiger partial charge in [-0.1, -0.05) is 80.1 Å². The summed E-state index contributed by atoms with van der Waals surface area (Å²) in [6.45, 7) is 14.3. The minimum Gasteiger partial charge on any atom is -0.394 e. The van der Waals surface area contributed by atoms with Gasteiger partial charge in [0.25, 0.3) is 5.91 Å². The van der Waals surface area contributed by atoms with Gasteiger partial charge >= 0.3 is 0 Å². The molecule has 5 rings (SSSR count). The molecule has 3 aliphatic rings. The van der Waals surface area contributed by atoms with Crippen LogP contribution in [0.3, 0.4) is 0 Å². The second-order valence-corrected chi connectivity index (χ2v) is 14.4. The molecule has 234 valence electrons. The summed E-state index contributed by atoms with van der Waals surface area (Å²) in [5.74, 6) is -1.94. The van der Waals surface area contributed by atoms with Gasteiger partial charge in [0.1, 0.15) is 6.04 Å². The SMILES string of the molecule is C=CCN(Cc1ccccc1)C(=O)[C@@H]1[C@@H]2CCC3(S2)C(C(=O)N(CC=C)c2c(C)cccc2Cl)N([C@@H](CO)C(C)C)C(=O)[C@H]13. The zero-order valence-corrected chi connectivity index (χ0v) is 27.3. The van der Waals surface area contributed by atoms with E-state index in [1.807, 2.05) is 63.2 Å². The van der Waals surface area contributed by atoms with Gasteiger partial charge in [-0.05, 0) is 42.9 Å². The first kappa shape index (κ1) is 32.3. The Balaban J connectivity index is 1.59. The number of fused-ring (bicyclic) bond motifs is 1. The van der Waals surface area contributed by atoms with Crippen molar-refractivity contribution in [2.45, 2.75) is 62.2 Å². The van der Waals surface area contributed by atoms with Crippen molar-refractivity contribution in [1.82, 2.24) is 9.80 Å². The number of anilines is 1. The molecule has 3 aliphatic heterocycles. The highest BCUT2D eigenvalue weighted by Gasteiger charge is 2.74. The van der Waals surface area contributed by atoms with Crippen molar-refractivity contribution in [1.29, 1.82) is 0 Å². The van der Waals surface area contributed by atoms with E-state index in [9.17, 15) is 19.5 Å². The lowest BCUT2D eigenvalue weighted by atomic mass is 9.70. The van der Waals surface area contributed by atoms with Crippen molar-refractivity contribution >= 4 is 46.8 Å². The first-order valence-electron chi connectivity index (χ1n) is 15.3. The van der Waals surface area contributed by atoms with Gasteiger partial charge < -0.3 is 19.8 Å². The van der Waals surface area contributed by atoms with Crippen LogP contribution in [-0.2, 0) is 20.9 Å². The van der Waals surface area contributed by atoms with Crippen LogP contribution in [0.2, 0.25) is 5.02 Å². The number of likely N-dealkylation sites (tertiary alicyclic amines) is 1. The van der Waals surface area contributed by atoms with Gasteiger partial charge in [0.2, 0.25) is 11.8 Å². The van der Waals surface area contributed by atoms with E-state index in [2.05, 4.69) is 13.2 Å². The number of aliphatic hydroxyl groups excluding tert-OH is 1. The van der Waals surface area contributed by atoms with Gasteiger partial charge in [-0.15, -0.1) is 24.9 Å². The number of thioether (sulfide) groups is 1. The third-order valence-corrected chi connectivity index (χ3v) is 11.7. The third-order valence-electron chi connectivity index (χ3n) is 9.48. The van der Waals surface area contributed by atoms with Gasteiger partial charge in [0.15, 0.2) is 0 Å². The van der Waals surface area contributed by atoms with Crippen LogP contribution in [0.1, 0.15) is 37.8 Å². The second-order valence-electron chi connectivity index (χ2n) is 12.4. The Labute approximate surface area is 269 Å². The molecule has 6 atom stereocenters. The maximum absolute atomic E-state index is 14.9. The summed E-state index contributed by atoms with van der Waals surface area (Å²) in [5.41, 5.74) is 2.41. The molecule has 2 unspecified atom stereocenters. The zero-order valence-electron chi connectivity index (χ0n) is 25.7. The fraction of sp³-hybridized carbons (Fsp3) is 0.457. The minimum atomic E-state index is -0.870. The second kappa shape index (κ2) is 13.1. The normalized spacial score (nSPS) is 26.0. The quantitative estimate of drug-likeness (QED) is 0.312. The van der Waals surface area contributed by atoms with Gasteiger partial charge in [-0.25, -0.2) is 0 Å². The van der Waals surface area contributed by atoms with Crippen LogP contribution < -0.4 is 4.90 Å². The van der Waals surface area contributed by atoms with Crippen LogP contribution in [0.15, 0.2) is 73.8 Å². The minimum absolute atomic E-state index is 0.0847. The van der Waals surface area contributed by atoms with Crippen molar-refractivity contribution in [3.63, 3.8) is 0 Å². The number of aryl methyl sites for hydroxylation is 1. The standard InChI is InChI=1S/C35H42ClN3O4S/c1-6-18-37(20-24-13-9-8-10-14-24)32(41)28-27-16-17-35(44-27)29(28)33(42)39(26(21-40)22(3)4)31(35)34(43)38(19-7-2)30-23(5)12-11-15-25(30)36/h6-15,22,26-29,31,40H,1-2,16-21H2,3-5H3/t26-,27-,28+,29-,31?,35?/m0/s1. The maximum Gasteiger partial charge on any atom is 0.251 e. The highest BCUT2D eigenvalue weighted by Crippen LogP contribution is 2.67. The Morgan fingerprint density at radius 1 is 1.11 bits per heavy atom. The van der Waals surface area contributed by atoms with Gasteiger partial charge in [-0.2, -0.15) is 0 Å². The van der Waals surface area contributed by atoms with Crippen molar-refractivity contribution in [3.05, 3.63) is 90.0 Å². The lowest BCUT2D eigenvalue weighted by Gasteiger charge is -2.41. The van der Waals surface area contributed by atoms with Crippen molar-refractivity contribution in [3.8, 4) is 0 Å². The van der Waals surface area contributed by atoms with Crippen LogP contribution in [0.4, 0.5) is 5.69 Å². The van der Waals surface area contributed by atoms with E-state index in [0.717, 1.165) is 17.5 Å². The Morgan fingerprint density at radius 3 is 2.43 bits per heavy atom. The molecule has 3 fully saturated rings. The molecule has 3 saturated heterocycles. The molecule has 2 aromatic carbocycles. The molecule has 0 radical (unpaired) electrons. The van der Waals surface area contributed by atoms with Crippen molar-refractivity contribution < 1.29 is 19.5 Å². The average molecular weight is 636 g/mol. The molecule has 1 spiro atoms. The Kier molecular flexibility index (Phi) is 9.64. The number of benzene rings is 2. The molecule has 44 heavy (non-hydrogen) atoms. The molecule has 9 heteroatoms. The molecule has 3 heterocycles. The van der Waals surface area contributed by atoms with Crippen LogP contribution in [0.25, 0.3) is 0 Å². The zero-order chi connectivity index (χ0) is 31.8. The van der Waals surface area contributed by atoms with E-state index in [0.29, 0.717) is 30.2 Å². The smallest absolute Gasteiger partial charge is 0.251 e. The monoisotopic (exact) mass is 635 g/mol. The van der Waals surface area contributed by atoms with E-state index in [-0.39, 0.29) is 42.0 Å². The number of rotatable bonds is 12. The van der Waals surface area contributed by atoms with Crippen molar-refractivity contribution in [2.24, 2.45) is 17.8 Å². The molecule has 0 aromatic heterocycles. The molecule has 0 aliphatic carbocycles. The summed E-state index contributed by atoms with van der Waals surface area (Å²) < 4.78 is -0.803. The fourth-order valence-electron chi connectivity index (χ4n) is 7.57. The predicted octanol–water partition coefficient (Wildman–Crippen LogP) is 5.49. The number of carbonyl (C=O) groups excluding carboxylic acids is 3. The number of nitrogens with zero attached hydrogens (tertiary/aromatic N) is 3.